The number of amides is 2. The van der Waals surface area contributed by atoms with Crippen LogP contribution in [0.5, 0.6) is 0 Å². The smallest absolute Gasteiger partial charge is 0.306 e. The predicted molar refractivity (Wildman–Crippen MR) is 148 cm³/mol. The molecule has 2 atom stereocenters. The molecule has 1 fully saturated rings. The van der Waals surface area contributed by atoms with Crippen molar-refractivity contribution < 1.29 is 23.9 Å². The van der Waals surface area contributed by atoms with E-state index in [2.05, 4.69) is 40.2 Å². The van der Waals surface area contributed by atoms with Gasteiger partial charge in [-0.25, -0.2) is 0 Å². The number of likely N-dealkylation sites (tertiary alicyclic amines) is 1. The van der Waals surface area contributed by atoms with Gasteiger partial charge in [-0.3, -0.25) is 24.1 Å². The molecule has 39 heavy (non-hydrogen) atoms. The first kappa shape index (κ1) is 25.7. The van der Waals surface area contributed by atoms with Gasteiger partial charge in [0.25, 0.3) is 0 Å². The lowest BCUT2D eigenvalue weighted by Gasteiger charge is -2.45. The lowest BCUT2D eigenvalue weighted by atomic mass is 9.55. The summed E-state index contributed by atoms with van der Waals surface area (Å²) >= 11 is 3.33. The fourth-order valence-corrected chi connectivity index (χ4v) is 6.88. The van der Waals surface area contributed by atoms with E-state index in [4.69, 9.17) is 4.74 Å². The number of imide groups is 1. The third-order valence-electron chi connectivity index (χ3n) is 8.33. The van der Waals surface area contributed by atoms with Gasteiger partial charge in [0.05, 0.1) is 11.8 Å². The van der Waals surface area contributed by atoms with Gasteiger partial charge in [0, 0.05) is 34.8 Å². The SMILES string of the molecule is O=C(CCCCCN1C(=O)[C@H]2C3c4ccccc4C(c4ccccc43)[C@@H]2C1=O)OCC(=O)c1ccc(Br)cc1. The number of hydrogen-bond donors (Lipinski definition) is 0. The summed E-state index contributed by atoms with van der Waals surface area (Å²) in [6.45, 7) is 0.0705. The summed E-state index contributed by atoms with van der Waals surface area (Å²) in [5.41, 5.74) is 5.17. The molecule has 0 spiro atoms. The Morgan fingerprint density at radius 1 is 0.718 bits per heavy atom. The second-order valence-corrected chi connectivity index (χ2v) is 11.4. The maximum absolute atomic E-state index is 13.6. The number of nitrogens with zero attached hydrogens (tertiary/aromatic N) is 1. The largest absolute Gasteiger partial charge is 0.457 e. The van der Waals surface area contributed by atoms with E-state index in [0.29, 0.717) is 31.4 Å². The van der Waals surface area contributed by atoms with Crippen LogP contribution in [-0.4, -0.2) is 41.6 Å². The van der Waals surface area contributed by atoms with E-state index in [-0.39, 0.29) is 54.3 Å². The van der Waals surface area contributed by atoms with Crippen LogP contribution in [0.1, 0.15) is 70.1 Å². The predicted octanol–water partition coefficient (Wildman–Crippen LogP) is 5.63. The molecule has 0 unspecified atom stereocenters. The fraction of sp³-hybridized carbons (Fsp3) is 0.312. The zero-order chi connectivity index (χ0) is 27.1. The number of halogens is 1. The Bertz CT molecular complexity index is 1350. The van der Waals surface area contributed by atoms with E-state index in [1.807, 2.05) is 24.3 Å². The molecule has 2 amide bonds. The quantitative estimate of drug-likeness (QED) is 0.141. The van der Waals surface area contributed by atoms with Crippen molar-refractivity contribution in [3.8, 4) is 0 Å². The third-order valence-corrected chi connectivity index (χ3v) is 8.86. The summed E-state index contributed by atoms with van der Waals surface area (Å²) in [6, 6.07) is 23.4. The van der Waals surface area contributed by atoms with Crippen LogP contribution in [-0.2, 0) is 19.1 Å². The highest BCUT2D eigenvalue weighted by molar-refractivity contribution is 9.10. The molecule has 0 radical (unpaired) electrons. The Balaban J connectivity index is 1.03. The van der Waals surface area contributed by atoms with Crippen molar-refractivity contribution in [1.29, 1.82) is 0 Å². The van der Waals surface area contributed by atoms with Crippen LogP contribution in [0.15, 0.2) is 77.3 Å². The van der Waals surface area contributed by atoms with Gasteiger partial charge in [0.2, 0.25) is 11.8 Å². The Morgan fingerprint density at radius 3 is 1.74 bits per heavy atom. The molecule has 1 saturated heterocycles. The minimum absolute atomic E-state index is 0.0742. The molecule has 3 aliphatic carbocycles. The molecule has 4 aliphatic rings. The number of Topliss-reactive ketones (excluding diaryl/α,β-unsaturated/α-hetero) is 1. The van der Waals surface area contributed by atoms with E-state index in [1.54, 1.807) is 24.3 Å². The summed E-state index contributed by atoms with van der Waals surface area (Å²) < 4.78 is 6.01. The molecule has 0 aromatic heterocycles. The molecule has 7 heteroatoms. The van der Waals surface area contributed by atoms with Gasteiger partial charge in [-0.2, -0.15) is 0 Å². The molecule has 198 valence electrons. The second-order valence-electron chi connectivity index (χ2n) is 10.5. The zero-order valence-corrected chi connectivity index (χ0v) is 22.9. The second kappa shape index (κ2) is 10.5. The molecular formula is C32H28BrNO5. The summed E-state index contributed by atoms with van der Waals surface area (Å²) in [4.78, 5) is 53.0. The van der Waals surface area contributed by atoms with Crippen molar-refractivity contribution >= 4 is 39.5 Å². The molecule has 3 aromatic carbocycles. The highest BCUT2D eigenvalue weighted by Crippen LogP contribution is 2.60. The van der Waals surface area contributed by atoms with Crippen LogP contribution >= 0.6 is 15.9 Å². The number of ether oxygens (including phenoxy) is 1. The Labute approximate surface area is 235 Å². The summed E-state index contributed by atoms with van der Waals surface area (Å²) in [5.74, 6) is -1.72. The van der Waals surface area contributed by atoms with Crippen LogP contribution in [0.2, 0.25) is 0 Å². The molecule has 6 nitrogen and oxygen atoms in total. The normalized spacial score (nSPS) is 22.3. The van der Waals surface area contributed by atoms with Gasteiger partial charge in [0.1, 0.15) is 0 Å². The third kappa shape index (κ3) is 4.52. The number of hydrogen-bond acceptors (Lipinski definition) is 5. The number of carbonyl (C=O) groups excluding carboxylic acids is 4. The monoisotopic (exact) mass is 585 g/mol. The number of benzene rings is 3. The van der Waals surface area contributed by atoms with Crippen molar-refractivity contribution in [3.63, 3.8) is 0 Å². The molecule has 1 aliphatic heterocycles. The van der Waals surface area contributed by atoms with Gasteiger partial charge in [-0.15, -0.1) is 0 Å². The first-order valence-corrected chi connectivity index (χ1v) is 14.2. The Kier molecular flexibility index (Phi) is 6.94. The number of ketones is 1. The first-order valence-electron chi connectivity index (χ1n) is 13.4. The number of unbranched alkanes of at least 4 members (excludes halogenated alkanes) is 2. The molecular weight excluding hydrogens is 558 g/mol. The average Bonchev–Trinajstić information content (AvgIpc) is 3.21. The summed E-state index contributed by atoms with van der Waals surface area (Å²) in [5, 5.41) is 0. The van der Waals surface area contributed by atoms with E-state index in [9.17, 15) is 19.2 Å². The summed E-state index contributed by atoms with van der Waals surface area (Å²) in [6.07, 6.45) is 2.05. The maximum Gasteiger partial charge on any atom is 0.306 e. The molecule has 3 aromatic rings. The maximum atomic E-state index is 13.6. The molecule has 1 heterocycles. The fourth-order valence-electron chi connectivity index (χ4n) is 6.61. The standard InChI is InChI=1S/C32H28BrNO5/c33-20-15-13-19(14-16-20)25(35)18-39-26(36)12-2-1-7-17-34-31(37)29-27-21-8-3-4-9-22(21)28(30(29)32(34)38)24-11-6-5-10-23(24)27/h3-6,8-11,13-16,27-30H,1-2,7,12,17-18H2/t27?,28?,29-,30-/m0/s1. The van der Waals surface area contributed by atoms with Crippen LogP contribution in [0, 0.1) is 11.8 Å². The van der Waals surface area contributed by atoms with Crippen molar-refractivity contribution in [1.82, 2.24) is 4.90 Å². The average molecular weight is 586 g/mol. The first-order chi connectivity index (χ1) is 19.0. The topological polar surface area (TPSA) is 80.8 Å². The highest BCUT2D eigenvalue weighted by Gasteiger charge is 2.61. The molecule has 2 bridgehead atoms. The number of rotatable bonds is 9. The van der Waals surface area contributed by atoms with Crippen LogP contribution in [0.25, 0.3) is 0 Å². The number of carbonyl (C=O) groups is 4. The van der Waals surface area contributed by atoms with Crippen LogP contribution in [0.4, 0.5) is 0 Å². The van der Waals surface area contributed by atoms with E-state index < -0.39 is 5.97 Å². The van der Waals surface area contributed by atoms with Gasteiger partial charge in [0.15, 0.2) is 12.4 Å². The van der Waals surface area contributed by atoms with Crippen molar-refractivity contribution in [2.45, 2.75) is 37.5 Å². The van der Waals surface area contributed by atoms with E-state index in [1.165, 1.54) is 27.2 Å². The van der Waals surface area contributed by atoms with Crippen molar-refractivity contribution in [2.75, 3.05) is 13.2 Å². The van der Waals surface area contributed by atoms with Crippen molar-refractivity contribution in [3.05, 3.63) is 105 Å². The van der Waals surface area contributed by atoms with Gasteiger partial charge in [-0.05, 0) is 47.2 Å². The Hall–Kier alpha value is -3.58. The lowest BCUT2D eigenvalue weighted by Crippen LogP contribution is -2.41. The molecule has 0 saturated carbocycles. The van der Waals surface area contributed by atoms with Crippen molar-refractivity contribution in [2.24, 2.45) is 11.8 Å². The molecule has 0 N–H and O–H groups in total. The zero-order valence-electron chi connectivity index (χ0n) is 21.3. The Morgan fingerprint density at radius 2 is 1.23 bits per heavy atom. The summed E-state index contributed by atoms with van der Waals surface area (Å²) in [7, 11) is 0. The molecule has 7 rings (SSSR count). The lowest BCUT2D eigenvalue weighted by molar-refractivity contribution is -0.143. The van der Waals surface area contributed by atoms with Gasteiger partial charge < -0.3 is 4.74 Å². The minimum atomic E-state index is -0.424. The van der Waals surface area contributed by atoms with E-state index in [0.717, 1.165) is 4.47 Å². The van der Waals surface area contributed by atoms with Crippen LogP contribution < -0.4 is 0 Å². The van der Waals surface area contributed by atoms with E-state index >= 15 is 0 Å². The highest BCUT2D eigenvalue weighted by atomic mass is 79.9. The minimum Gasteiger partial charge on any atom is -0.457 e. The van der Waals surface area contributed by atoms with Gasteiger partial charge in [-0.1, -0.05) is 83.0 Å². The number of esters is 1. The van der Waals surface area contributed by atoms with Crippen LogP contribution in [0.3, 0.4) is 0 Å². The van der Waals surface area contributed by atoms with Gasteiger partial charge >= 0.3 is 5.97 Å².